The Labute approximate surface area is 126 Å². The second-order valence-electron chi connectivity index (χ2n) is 5.91. The molecule has 1 atom stereocenters. The smallest absolute Gasteiger partial charge is 0.328 e. The lowest BCUT2D eigenvalue weighted by Crippen LogP contribution is -2.44. The number of nitrogens with zero attached hydrogens (tertiary/aromatic N) is 2. The molecule has 21 heavy (non-hydrogen) atoms. The summed E-state index contributed by atoms with van der Waals surface area (Å²) in [4.78, 5) is 15.3. The minimum absolute atomic E-state index is 0.650. The van der Waals surface area contributed by atoms with E-state index in [2.05, 4.69) is 36.0 Å². The van der Waals surface area contributed by atoms with Crippen LogP contribution in [0.3, 0.4) is 0 Å². The van der Waals surface area contributed by atoms with Crippen molar-refractivity contribution in [1.82, 2.24) is 9.80 Å². The van der Waals surface area contributed by atoms with Crippen LogP contribution in [0, 0.1) is 0 Å². The predicted octanol–water partition coefficient (Wildman–Crippen LogP) is 2.31. The maximum Gasteiger partial charge on any atom is 0.328 e. The highest BCUT2D eigenvalue weighted by atomic mass is 16.4. The molecule has 1 heterocycles. The maximum absolute atomic E-state index is 10.5. The van der Waals surface area contributed by atoms with Gasteiger partial charge in [0.2, 0.25) is 0 Å². The Morgan fingerprint density at radius 2 is 2.10 bits per heavy atom. The molecule has 1 N–H and O–H groups in total. The van der Waals surface area contributed by atoms with Gasteiger partial charge in [0.15, 0.2) is 0 Å². The SMILES string of the molecule is CN(C)C1CCCN(Cc2ccc(C=CC(=O)O)cc2)C1. The number of aliphatic carboxylic acids is 1. The Kier molecular flexibility index (Phi) is 5.53. The minimum atomic E-state index is -0.915. The van der Waals surface area contributed by atoms with Crippen LogP contribution in [0.25, 0.3) is 6.08 Å². The third-order valence-corrected chi connectivity index (χ3v) is 4.02. The summed E-state index contributed by atoms with van der Waals surface area (Å²) in [6.07, 6.45) is 5.32. The Morgan fingerprint density at radius 3 is 2.71 bits per heavy atom. The van der Waals surface area contributed by atoms with Gasteiger partial charge in [-0.25, -0.2) is 4.79 Å². The lowest BCUT2D eigenvalue weighted by atomic mass is 10.0. The molecule has 2 rings (SSSR count). The number of piperidine rings is 1. The molecule has 4 heteroatoms. The van der Waals surface area contributed by atoms with E-state index in [0.29, 0.717) is 6.04 Å². The Bertz CT molecular complexity index is 494. The van der Waals surface area contributed by atoms with E-state index in [-0.39, 0.29) is 0 Å². The van der Waals surface area contributed by atoms with Crippen molar-refractivity contribution in [3.8, 4) is 0 Å². The van der Waals surface area contributed by atoms with Crippen LogP contribution < -0.4 is 0 Å². The zero-order valence-electron chi connectivity index (χ0n) is 12.8. The molecule has 0 radical (unpaired) electrons. The van der Waals surface area contributed by atoms with Gasteiger partial charge in [-0.05, 0) is 50.7 Å². The number of likely N-dealkylation sites (tertiary alicyclic amines) is 1. The van der Waals surface area contributed by atoms with Crippen molar-refractivity contribution in [2.75, 3.05) is 27.2 Å². The van der Waals surface area contributed by atoms with Crippen LogP contribution in [0.4, 0.5) is 0 Å². The molecule has 1 unspecified atom stereocenters. The monoisotopic (exact) mass is 288 g/mol. The van der Waals surface area contributed by atoms with Gasteiger partial charge in [-0.3, -0.25) is 4.90 Å². The second kappa shape index (κ2) is 7.38. The van der Waals surface area contributed by atoms with Gasteiger partial charge in [0.05, 0.1) is 0 Å². The van der Waals surface area contributed by atoms with Crippen LogP contribution in [0.1, 0.15) is 24.0 Å². The van der Waals surface area contributed by atoms with Gasteiger partial charge in [-0.2, -0.15) is 0 Å². The Balaban J connectivity index is 1.92. The molecule has 0 aliphatic carbocycles. The molecular weight excluding hydrogens is 264 g/mol. The molecule has 0 aromatic heterocycles. The van der Waals surface area contributed by atoms with E-state index in [0.717, 1.165) is 25.2 Å². The standard InChI is InChI=1S/C17H24N2O2/c1-18(2)16-4-3-11-19(13-16)12-15-7-5-14(6-8-15)9-10-17(20)21/h5-10,16H,3-4,11-13H2,1-2H3,(H,20,21). The number of hydrogen-bond acceptors (Lipinski definition) is 3. The van der Waals surface area contributed by atoms with Crippen molar-refractivity contribution in [2.24, 2.45) is 0 Å². The van der Waals surface area contributed by atoms with Gasteiger partial charge in [-0.1, -0.05) is 24.3 Å². The topological polar surface area (TPSA) is 43.8 Å². The number of carbonyl (C=O) groups is 1. The van der Waals surface area contributed by atoms with Crippen molar-refractivity contribution in [3.05, 3.63) is 41.5 Å². The molecule has 4 nitrogen and oxygen atoms in total. The fourth-order valence-corrected chi connectivity index (χ4v) is 2.76. The summed E-state index contributed by atoms with van der Waals surface area (Å²) in [5, 5.41) is 8.62. The molecule has 1 fully saturated rings. The van der Waals surface area contributed by atoms with Gasteiger partial charge >= 0.3 is 5.97 Å². The molecule has 0 spiro atoms. The molecule has 1 aromatic rings. The molecule has 0 amide bonds. The third-order valence-electron chi connectivity index (χ3n) is 4.02. The van der Waals surface area contributed by atoms with Crippen molar-refractivity contribution < 1.29 is 9.90 Å². The van der Waals surface area contributed by atoms with E-state index < -0.39 is 5.97 Å². The van der Waals surface area contributed by atoms with E-state index in [1.165, 1.54) is 24.5 Å². The highest BCUT2D eigenvalue weighted by Gasteiger charge is 2.21. The molecule has 1 saturated heterocycles. The number of hydrogen-bond donors (Lipinski definition) is 1. The summed E-state index contributed by atoms with van der Waals surface area (Å²) in [7, 11) is 4.30. The number of carboxylic acids is 1. The molecule has 0 bridgehead atoms. The first-order valence-electron chi connectivity index (χ1n) is 7.43. The predicted molar refractivity (Wildman–Crippen MR) is 85.1 cm³/mol. The van der Waals surface area contributed by atoms with Crippen molar-refractivity contribution in [1.29, 1.82) is 0 Å². The highest BCUT2D eigenvalue weighted by Crippen LogP contribution is 2.17. The van der Waals surface area contributed by atoms with E-state index in [4.69, 9.17) is 5.11 Å². The molecule has 1 aliphatic heterocycles. The molecule has 0 saturated carbocycles. The first-order chi connectivity index (χ1) is 10.0. The van der Waals surface area contributed by atoms with E-state index in [1.54, 1.807) is 6.08 Å². The average molecular weight is 288 g/mol. The zero-order valence-corrected chi connectivity index (χ0v) is 12.8. The quantitative estimate of drug-likeness (QED) is 0.845. The fraction of sp³-hybridized carbons (Fsp3) is 0.471. The van der Waals surface area contributed by atoms with Crippen LogP contribution in [0.2, 0.25) is 0 Å². The van der Waals surface area contributed by atoms with E-state index >= 15 is 0 Å². The van der Waals surface area contributed by atoms with Gasteiger partial charge in [0.1, 0.15) is 0 Å². The van der Waals surface area contributed by atoms with E-state index in [9.17, 15) is 4.79 Å². The first-order valence-corrected chi connectivity index (χ1v) is 7.43. The zero-order chi connectivity index (χ0) is 15.2. The summed E-state index contributed by atoms with van der Waals surface area (Å²) in [5.74, 6) is -0.915. The second-order valence-corrected chi connectivity index (χ2v) is 5.91. The number of likely N-dealkylation sites (N-methyl/N-ethyl adjacent to an activating group) is 1. The molecule has 1 aliphatic rings. The van der Waals surface area contributed by atoms with Crippen LogP contribution in [0.5, 0.6) is 0 Å². The van der Waals surface area contributed by atoms with Crippen molar-refractivity contribution >= 4 is 12.0 Å². The molecular formula is C17H24N2O2. The van der Waals surface area contributed by atoms with Crippen LogP contribution >= 0.6 is 0 Å². The van der Waals surface area contributed by atoms with Crippen LogP contribution in [-0.2, 0) is 11.3 Å². The molecule has 1 aromatic carbocycles. The summed E-state index contributed by atoms with van der Waals surface area (Å²) in [5.41, 5.74) is 2.20. The van der Waals surface area contributed by atoms with E-state index in [1.807, 2.05) is 12.1 Å². The lowest BCUT2D eigenvalue weighted by Gasteiger charge is -2.36. The fourth-order valence-electron chi connectivity index (χ4n) is 2.76. The summed E-state index contributed by atoms with van der Waals surface area (Å²) < 4.78 is 0. The van der Waals surface area contributed by atoms with Crippen molar-refractivity contribution in [2.45, 2.75) is 25.4 Å². The highest BCUT2D eigenvalue weighted by molar-refractivity contribution is 5.85. The van der Waals surface area contributed by atoms with Gasteiger partial charge in [-0.15, -0.1) is 0 Å². The van der Waals surface area contributed by atoms with Gasteiger partial charge in [0.25, 0.3) is 0 Å². The van der Waals surface area contributed by atoms with Crippen molar-refractivity contribution in [3.63, 3.8) is 0 Å². The van der Waals surface area contributed by atoms with Crippen LogP contribution in [-0.4, -0.2) is 54.1 Å². The summed E-state index contributed by atoms with van der Waals surface area (Å²) >= 11 is 0. The largest absolute Gasteiger partial charge is 0.478 e. The summed E-state index contributed by atoms with van der Waals surface area (Å²) in [6, 6.07) is 8.77. The Morgan fingerprint density at radius 1 is 1.38 bits per heavy atom. The van der Waals surface area contributed by atoms with Crippen LogP contribution in [0.15, 0.2) is 30.3 Å². The number of benzene rings is 1. The number of rotatable bonds is 5. The average Bonchev–Trinajstić information content (AvgIpc) is 2.47. The molecule has 114 valence electrons. The van der Waals surface area contributed by atoms with Gasteiger partial charge in [0, 0.05) is 25.2 Å². The first kappa shape index (κ1) is 15.7. The maximum atomic E-state index is 10.5. The summed E-state index contributed by atoms with van der Waals surface area (Å²) in [6.45, 7) is 3.24. The minimum Gasteiger partial charge on any atom is -0.478 e. The lowest BCUT2D eigenvalue weighted by molar-refractivity contribution is -0.131. The third kappa shape index (κ3) is 4.99. The number of carboxylic acid groups (broad SMARTS) is 1. The van der Waals surface area contributed by atoms with Gasteiger partial charge < -0.3 is 10.0 Å². The Hall–Kier alpha value is -1.65. The normalized spacial score (nSPS) is 20.2.